The van der Waals surface area contributed by atoms with Crippen molar-refractivity contribution in [2.75, 3.05) is 23.8 Å². The summed E-state index contributed by atoms with van der Waals surface area (Å²) in [5.41, 5.74) is 0.965. The van der Waals surface area contributed by atoms with Gasteiger partial charge in [-0.3, -0.25) is 10.6 Å². The molecule has 2 amide bonds. The van der Waals surface area contributed by atoms with E-state index in [1.165, 1.54) is 0 Å². The number of amides is 2. The summed E-state index contributed by atoms with van der Waals surface area (Å²) in [5, 5.41) is 13.4. The van der Waals surface area contributed by atoms with Crippen molar-refractivity contribution in [3.63, 3.8) is 0 Å². The molecule has 0 spiro atoms. The van der Waals surface area contributed by atoms with Crippen molar-refractivity contribution >= 4 is 35.2 Å². The minimum absolute atomic E-state index is 0.113. The highest BCUT2D eigenvalue weighted by Gasteiger charge is 2.12. The van der Waals surface area contributed by atoms with E-state index in [1.54, 1.807) is 24.3 Å². The molecule has 9 heteroatoms. The number of ether oxygens (including phenoxy) is 2. The number of carbonyl (C=O) groups is 2. The third-order valence-corrected chi connectivity index (χ3v) is 3.82. The van der Waals surface area contributed by atoms with E-state index in [-0.39, 0.29) is 11.6 Å². The lowest BCUT2D eigenvalue weighted by molar-refractivity contribution is 0.159. The number of unbranched alkanes of at least 4 members (excludes halogenated alkanes) is 2. The molecule has 2 rings (SSSR count). The molecule has 0 saturated carbocycles. The van der Waals surface area contributed by atoms with E-state index in [0.29, 0.717) is 24.6 Å². The summed E-state index contributed by atoms with van der Waals surface area (Å²) < 4.78 is 10.2. The Morgan fingerprint density at radius 1 is 0.867 bits per heavy atom. The van der Waals surface area contributed by atoms with Crippen molar-refractivity contribution in [2.45, 2.75) is 39.5 Å². The van der Waals surface area contributed by atoms with Gasteiger partial charge in [0.2, 0.25) is 0 Å². The van der Waals surface area contributed by atoms with E-state index in [9.17, 15) is 9.59 Å². The third kappa shape index (κ3) is 8.26. The fraction of sp³-hybridized carbons (Fsp3) is 0.381. The number of azo groups is 1. The van der Waals surface area contributed by atoms with Gasteiger partial charge in [-0.1, -0.05) is 44.9 Å². The van der Waals surface area contributed by atoms with Gasteiger partial charge in [0.05, 0.1) is 18.9 Å². The maximum Gasteiger partial charge on any atom is 0.412 e. The summed E-state index contributed by atoms with van der Waals surface area (Å²) in [5.74, 6) is 0.321. The van der Waals surface area contributed by atoms with Crippen molar-refractivity contribution in [1.82, 2.24) is 4.98 Å². The lowest BCUT2D eigenvalue weighted by atomic mass is 10.3. The molecule has 160 valence electrons. The summed E-state index contributed by atoms with van der Waals surface area (Å²) in [6.45, 7) is 4.62. The SMILES string of the molecule is CCCCOC(=O)Nc1ccc(N=Nc2ccccc2)c(NC(=O)OCCCC)n1. The quantitative estimate of drug-likeness (QED) is 0.356. The van der Waals surface area contributed by atoms with Crippen LogP contribution in [0.2, 0.25) is 0 Å². The third-order valence-electron chi connectivity index (χ3n) is 3.82. The Kier molecular flexibility index (Phi) is 9.78. The number of rotatable bonds is 10. The molecule has 2 N–H and O–H groups in total. The Bertz CT molecular complexity index is 843. The number of hydrogen-bond acceptors (Lipinski definition) is 7. The highest BCUT2D eigenvalue weighted by molar-refractivity contribution is 5.89. The fourth-order valence-corrected chi connectivity index (χ4v) is 2.19. The Labute approximate surface area is 175 Å². The minimum Gasteiger partial charge on any atom is -0.449 e. The summed E-state index contributed by atoms with van der Waals surface area (Å²) >= 11 is 0. The summed E-state index contributed by atoms with van der Waals surface area (Å²) in [4.78, 5) is 28.2. The second-order valence-electron chi connectivity index (χ2n) is 6.33. The molecule has 0 bridgehead atoms. The van der Waals surface area contributed by atoms with Gasteiger partial charge in [-0.15, -0.1) is 5.11 Å². The van der Waals surface area contributed by atoms with Crippen LogP contribution >= 0.6 is 0 Å². The van der Waals surface area contributed by atoms with E-state index in [2.05, 4.69) is 25.8 Å². The molecule has 30 heavy (non-hydrogen) atoms. The molecular weight excluding hydrogens is 386 g/mol. The van der Waals surface area contributed by atoms with E-state index in [4.69, 9.17) is 9.47 Å². The van der Waals surface area contributed by atoms with Crippen molar-refractivity contribution < 1.29 is 19.1 Å². The standard InChI is InChI=1S/C21H27N5O4/c1-3-5-14-29-20(27)23-18-13-12-17(26-25-16-10-8-7-9-11-16)19(22-18)24-21(28)30-15-6-4-2/h7-13H,3-6,14-15H2,1-2H3,(H2,22,23,24,27,28). The topological polar surface area (TPSA) is 114 Å². The summed E-state index contributed by atoms with van der Waals surface area (Å²) in [7, 11) is 0. The molecule has 0 aliphatic carbocycles. The summed E-state index contributed by atoms with van der Waals surface area (Å²) in [6, 6.07) is 12.3. The summed E-state index contributed by atoms with van der Waals surface area (Å²) in [6.07, 6.45) is 2.08. The number of nitrogens with zero attached hydrogens (tertiary/aromatic N) is 3. The highest BCUT2D eigenvalue weighted by atomic mass is 16.6. The molecular formula is C21H27N5O4. The second kappa shape index (κ2) is 12.9. The fourth-order valence-electron chi connectivity index (χ4n) is 2.19. The van der Waals surface area contributed by atoms with Gasteiger partial charge in [0.15, 0.2) is 5.82 Å². The number of pyridine rings is 1. The molecule has 0 aliphatic rings. The van der Waals surface area contributed by atoms with Crippen LogP contribution in [0.15, 0.2) is 52.7 Å². The van der Waals surface area contributed by atoms with E-state index >= 15 is 0 Å². The maximum atomic E-state index is 12.1. The first-order chi connectivity index (χ1) is 14.6. The van der Waals surface area contributed by atoms with Crippen LogP contribution in [0, 0.1) is 0 Å². The lowest BCUT2D eigenvalue weighted by Gasteiger charge is -2.10. The number of anilines is 2. The van der Waals surface area contributed by atoms with Crippen molar-refractivity contribution in [3.05, 3.63) is 42.5 Å². The number of nitrogens with one attached hydrogen (secondary N) is 2. The highest BCUT2D eigenvalue weighted by Crippen LogP contribution is 2.27. The molecule has 9 nitrogen and oxygen atoms in total. The van der Waals surface area contributed by atoms with E-state index in [0.717, 1.165) is 25.7 Å². The molecule has 0 fully saturated rings. The molecule has 1 aromatic heterocycles. The number of aromatic nitrogens is 1. The van der Waals surface area contributed by atoms with Crippen LogP contribution in [-0.2, 0) is 9.47 Å². The Hall–Kier alpha value is -3.49. The smallest absolute Gasteiger partial charge is 0.412 e. The van der Waals surface area contributed by atoms with Gasteiger partial charge in [0, 0.05) is 0 Å². The average molecular weight is 413 g/mol. The predicted octanol–water partition coefficient (Wildman–Crippen LogP) is 6.19. The van der Waals surface area contributed by atoms with E-state index in [1.807, 2.05) is 32.0 Å². The minimum atomic E-state index is -0.658. The number of carbonyl (C=O) groups excluding carboxylic acids is 2. The molecule has 0 unspecified atom stereocenters. The van der Waals surface area contributed by atoms with E-state index < -0.39 is 12.2 Å². The van der Waals surface area contributed by atoms with Crippen molar-refractivity contribution in [1.29, 1.82) is 0 Å². The molecule has 0 atom stereocenters. The van der Waals surface area contributed by atoms with Gasteiger partial charge in [-0.05, 0) is 37.1 Å². The number of hydrogen-bond donors (Lipinski definition) is 2. The zero-order valence-electron chi connectivity index (χ0n) is 17.3. The first-order valence-corrected chi connectivity index (χ1v) is 9.97. The molecule has 0 radical (unpaired) electrons. The van der Waals surface area contributed by atoms with Gasteiger partial charge in [-0.2, -0.15) is 5.11 Å². The average Bonchev–Trinajstić information content (AvgIpc) is 2.74. The largest absolute Gasteiger partial charge is 0.449 e. The van der Waals surface area contributed by atoms with Crippen LogP contribution in [0.4, 0.5) is 32.6 Å². The molecule has 0 aliphatic heterocycles. The van der Waals surface area contributed by atoms with Crippen LogP contribution in [0.1, 0.15) is 39.5 Å². The van der Waals surface area contributed by atoms with Crippen molar-refractivity contribution in [3.8, 4) is 0 Å². The molecule has 0 saturated heterocycles. The maximum absolute atomic E-state index is 12.1. The van der Waals surface area contributed by atoms with Crippen LogP contribution in [0.3, 0.4) is 0 Å². The zero-order chi connectivity index (χ0) is 21.6. The Balaban J connectivity index is 2.14. The normalized spacial score (nSPS) is 10.6. The van der Waals surface area contributed by atoms with Gasteiger partial charge < -0.3 is 9.47 Å². The molecule has 1 aromatic carbocycles. The van der Waals surface area contributed by atoms with Crippen LogP contribution < -0.4 is 10.6 Å². The first-order valence-electron chi connectivity index (χ1n) is 9.97. The molecule has 1 heterocycles. The van der Waals surface area contributed by atoms with Gasteiger partial charge in [0.25, 0.3) is 0 Å². The van der Waals surface area contributed by atoms with Crippen LogP contribution in [-0.4, -0.2) is 30.4 Å². The van der Waals surface area contributed by atoms with Crippen molar-refractivity contribution in [2.24, 2.45) is 10.2 Å². The Morgan fingerprint density at radius 2 is 1.50 bits per heavy atom. The zero-order valence-corrected chi connectivity index (χ0v) is 17.3. The van der Waals surface area contributed by atoms with Gasteiger partial charge in [0.1, 0.15) is 11.5 Å². The number of benzene rings is 1. The van der Waals surface area contributed by atoms with Crippen LogP contribution in [0.25, 0.3) is 0 Å². The van der Waals surface area contributed by atoms with Crippen LogP contribution in [0.5, 0.6) is 0 Å². The molecule has 2 aromatic rings. The van der Waals surface area contributed by atoms with Gasteiger partial charge >= 0.3 is 12.2 Å². The first kappa shape index (κ1) is 22.8. The predicted molar refractivity (Wildman–Crippen MR) is 115 cm³/mol. The Morgan fingerprint density at radius 3 is 2.13 bits per heavy atom. The monoisotopic (exact) mass is 413 g/mol. The lowest BCUT2D eigenvalue weighted by Crippen LogP contribution is -2.18. The second-order valence-corrected chi connectivity index (χ2v) is 6.33. The van der Waals surface area contributed by atoms with Gasteiger partial charge in [-0.25, -0.2) is 14.6 Å².